The predicted octanol–water partition coefficient (Wildman–Crippen LogP) is 3.83. The van der Waals surface area contributed by atoms with Crippen LogP contribution in [0.2, 0.25) is 0 Å². The maximum atomic E-state index is 13.8. The highest BCUT2D eigenvalue weighted by molar-refractivity contribution is 6.03. The van der Waals surface area contributed by atoms with Gasteiger partial charge in [-0.1, -0.05) is 44.2 Å². The van der Waals surface area contributed by atoms with Gasteiger partial charge in [0.25, 0.3) is 5.91 Å². The van der Waals surface area contributed by atoms with Gasteiger partial charge >= 0.3 is 0 Å². The molecule has 3 rings (SSSR count). The minimum atomic E-state index is -0.639. The smallest absolute Gasteiger partial charge is 0.255 e. The van der Waals surface area contributed by atoms with Crippen molar-refractivity contribution >= 4 is 17.5 Å². The second kappa shape index (κ2) is 7.05. The van der Waals surface area contributed by atoms with E-state index in [9.17, 15) is 14.0 Å². The van der Waals surface area contributed by atoms with Crippen molar-refractivity contribution in [2.45, 2.75) is 32.9 Å². The van der Waals surface area contributed by atoms with E-state index >= 15 is 0 Å². The number of benzene rings is 2. The summed E-state index contributed by atoms with van der Waals surface area (Å²) in [6, 6.07) is 12.8. The maximum absolute atomic E-state index is 13.8. The second-order valence-electron chi connectivity index (χ2n) is 6.70. The number of carbonyl (C=O) groups excluding carboxylic acids is 2. The SMILES string of the molecule is CC(C)C[C@@H](C(=O)Nc1ccccc1F)N1Cc2ccccc2C1=O. The summed E-state index contributed by atoms with van der Waals surface area (Å²) < 4.78 is 13.8. The molecule has 0 aliphatic carbocycles. The molecule has 4 nitrogen and oxygen atoms in total. The van der Waals surface area contributed by atoms with Gasteiger partial charge in [0.05, 0.1) is 5.69 Å². The molecule has 0 fully saturated rings. The molecule has 0 radical (unpaired) electrons. The highest BCUT2D eigenvalue weighted by atomic mass is 19.1. The lowest BCUT2D eigenvalue weighted by Crippen LogP contribution is -2.45. The molecule has 0 bridgehead atoms. The quantitative estimate of drug-likeness (QED) is 0.899. The van der Waals surface area contributed by atoms with E-state index in [1.54, 1.807) is 23.1 Å². The van der Waals surface area contributed by atoms with Crippen LogP contribution in [0.25, 0.3) is 0 Å². The Labute approximate surface area is 146 Å². The Morgan fingerprint density at radius 2 is 1.84 bits per heavy atom. The molecule has 2 aromatic carbocycles. The van der Waals surface area contributed by atoms with Crippen LogP contribution in [-0.4, -0.2) is 22.8 Å². The maximum Gasteiger partial charge on any atom is 0.255 e. The number of hydrogen-bond donors (Lipinski definition) is 1. The van der Waals surface area contributed by atoms with E-state index in [1.807, 2.05) is 32.0 Å². The molecule has 130 valence electrons. The predicted molar refractivity (Wildman–Crippen MR) is 94.6 cm³/mol. The molecule has 0 aromatic heterocycles. The number of rotatable bonds is 5. The minimum Gasteiger partial charge on any atom is -0.322 e. The zero-order valence-electron chi connectivity index (χ0n) is 14.3. The van der Waals surface area contributed by atoms with E-state index < -0.39 is 11.9 Å². The Bertz CT molecular complexity index is 804. The molecule has 1 aliphatic heterocycles. The molecule has 0 saturated heterocycles. The third-order valence-corrected chi connectivity index (χ3v) is 4.35. The summed E-state index contributed by atoms with van der Waals surface area (Å²) in [5.74, 6) is -0.784. The average molecular weight is 340 g/mol. The molecule has 5 heteroatoms. The first-order valence-corrected chi connectivity index (χ1v) is 8.41. The van der Waals surface area contributed by atoms with Crippen molar-refractivity contribution in [3.8, 4) is 0 Å². The highest BCUT2D eigenvalue weighted by Crippen LogP contribution is 2.27. The molecule has 0 saturated carbocycles. The number of amides is 2. The van der Waals surface area contributed by atoms with Gasteiger partial charge in [-0.25, -0.2) is 4.39 Å². The molecule has 1 aliphatic rings. The van der Waals surface area contributed by atoms with Crippen molar-refractivity contribution in [2.75, 3.05) is 5.32 Å². The number of fused-ring (bicyclic) bond motifs is 1. The summed E-state index contributed by atoms with van der Waals surface area (Å²) in [4.78, 5) is 27.1. The summed E-state index contributed by atoms with van der Waals surface area (Å²) in [6.07, 6.45) is 0.514. The Hall–Kier alpha value is -2.69. The number of hydrogen-bond acceptors (Lipinski definition) is 2. The van der Waals surface area contributed by atoms with Crippen molar-refractivity contribution < 1.29 is 14.0 Å². The van der Waals surface area contributed by atoms with Crippen molar-refractivity contribution in [1.29, 1.82) is 0 Å². The van der Waals surface area contributed by atoms with Gasteiger partial charge in [-0.05, 0) is 36.1 Å². The monoisotopic (exact) mass is 340 g/mol. The van der Waals surface area contributed by atoms with E-state index in [-0.39, 0.29) is 23.4 Å². The highest BCUT2D eigenvalue weighted by Gasteiger charge is 2.36. The standard InChI is InChI=1S/C20H21FN2O2/c1-13(2)11-18(19(24)22-17-10-6-5-9-16(17)21)23-12-14-7-3-4-8-15(14)20(23)25/h3-10,13,18H,11-12H2,1-2H3,(H,22,24)/t18-/m0/s1. The van der Waals surface area contributed by atoms with Gasteiger partial charge in [0.2, 0.25) is 5.91 Å². The number of carbonyl (C=O) groups is 2. The Morgan fingerprint density at radius 3 is 2.52 bits per heavy atom. The molecule has 0 unspecified atom stereocenters. The van der Waals surface area contributed by atoms with Gasteiger partial charge in [0.15, 0.2) is 0 Å². The first-order chi connectivity index (χ1) is 12.0. The summed E-state index contributed by atoms with van der Waals surface area (Å²) >= 11 is 0. The zero-order chi connectivity index (χ0) is 18.0. The lowest BCUT2D eigenvalue weighted by molar-refractivity contribution is -0.121. The Balaban J connectivity index is 1.84. The number of anilines is 1. The lowest BCUT2D eigenvalue weighted by Gasteiger charge is -2.28. The van der Waals surface area contributed by atoms with E-state index in [1.165, 1.54) is 12.1 Å². The largest absolute Gasteiger partial charge is 0.322 e. The number of nitrogens with one attached hydrogen (secondary N) is 1. The first-order valence-electron chi connectivity index (χ1n) is 8.41. The van der Waals surface area contributed by atoms with Crippen LogP contribution in [0.4, 0.5) is 10.1 Å². The van der Waals surface area contributed by atoms with Crippen LogP contribution in [0.1, 0.15) is 36.2 Å². The summed E-state index contributed by atoms with van der Waals surface area (Å²) in [7, 11) is 0. The third-order valence-electron chi connectivity index (χ3n) is 4.35. The van der Waals surface area contributed by atoms with Gasteiger partial charge in [-0.2, -0.15) is 0 Å². The van der Waals surface area contributed by atoms with Crippen molar-refractivity contribution in [3.63, 3.8) is 0 Å². The fourth-order valence-corrected chi connectivity index (χ4v) is 3.13. The molecular formula is C20H21FN2O2. The summed E-state index contributed by atoms with van der Waals surface area (Å²) in [5.41, 5.74) is 1.68. The number of para-hydroxylation sites is 1. The molecule has 0 spiro atoms. The summed E-state index contributed by atoms with van der Waals surface area (Å²) in [6.45, 7) is 4.39. The molecule has 1 atom stereocenters. The average Bonchev–Trinajstić information content (AvgIpc) is 2.91. The van der Waals surface area contributed by atoms with E-state index in [4.69, 9.17) is 0 Å². The molecule has 1 heterocycles. The van der Waals surface area contributed by atoms with Crippen LogP contribution in [0.15, 0.2) is 48.5 Å². The van der Waals surface area contributed by atoms with Crippen LogP contribution < -0.4 is 5.32 Å². The van der Waals surface area contributed by atoms with E-state index in [2.05, 4.69) is 5.32 Å². The van der Waals surface area contributed by atoms with Crippen LogP contribution in [0.5, 0.6) is 0 Å². The van der Waals surface area contributed by atoms with Crippen LogP contribution in [0, 0.1) is 11.7 Å². The van der Waals surface area contributed by atoms with E-state index in [0.29, 0.717) is 18.5 Å². The molecule has 2 aromatic rings. The van der Waals surface area contributed by atoms with E-state index in [0.717, 1.165) is 5.56 Å². The first kappa shape index (κ1) is 17.1. The lowest BCUT2D eigenvalue weighted by atomic mass is 10.0. The molecular weight excluding hydrogens is 319 g/mol. The number of nitrogens with zero attached hydrogens (tertiary/aromatic N) is 1. The molecule has 25 heavy (non-hydrogen) atoms. The Morgan fingerprint density at radius 1 is 1.16 bits per heavy atom. The summed E-state index contributed by atoms with van der Waals surface area (Å²) in [5, 5.41) is 2.63. The molecule has 2 amide bonds. The Kier molecular flexibility index (Phi) is 4.83. The van der Waals surface area contributed by atoms with Crippen LogP contribution in [0.3, 0.4) is 0 Å². The fourth-order valence-electron chi connectivity index (χ4n) is 3.13. The number of halogens is 1. The normalized spacial score (nSPS) is 14.6. The van der Waals surface area contributed by atoms with Gasteiger partial charge in [-0.15, -0.1) is 0 Å². The van der Waals surface area contributed by atoms with Gasteiger partial charge in [-0.3, -0.25) is 9.59 Å². The third kappa shape index (κ3) is 3.55. The van der Waals surface area contributed by atoms with Crippen molar-refractivity contribution in [3.05, 3.63) is 65.5 Å². The van der Waals surface area contributed by atoms with Gasteiger partial charge in [0, 0.05) is 12.1 Å². The van der Waals surface area contributed by atoms with Crippen LogP contribution in [-0.2, 0) is 11.3 Å². The van der Waals surface area contributed by atoms with Crippen molar-refractivity contribution in [1.82, 2.24) is 4.90 Å². The van der Waals surface area contributed by atoms with Crippen molar-refractivity contribution in [2.24, 2.45) is 5.92 Å². The van der Waals surface area contributed by atoms with Gasteiger partial charge in [0.1, 0.15) is 11.9 Å². The molecule has 1 N–H and O–H groups in total. The minimum absolute atomic E-state index is 0.130. The second-order valence-corrected chi connectivity index (χ2v) is 6.70. The van der Waals surface area contributed by atoms with Gasteiger partial charge < -0.3 is 10.2 Å². The van der Waals surface area contributed by atoms with Crippen LogP contribution >= 0.6 is 0 Å². The fraction of sp³-hybridized carbons (Fsp3) is 0.300. The topological polar surface area (TPSA) is 49.4 Å². The zero-order valence-corrected chi connectivity index (χ0v) is 14.3.